The van der Waals surface area contributed by atoms with E-state index in [1.54, 1.807) is 23.1 Å². The summed E-state index contributed by atoms with van der Waals surface area (Å²) in [4.78, 5) is 24.5. The second-order valence-corrected chi connectivity index (χ2v) is 5.24. The molecular formula is C16H21N3O4. The summed E-state index contributed by atoms with van der Waals surface area (Å²) in [6.07, 6.45) is 3.83. The van der Waals surface area contributed by atoms with E-state index in [2.05, 4.69) is 5.32 Å². The standard InChI is InChI=1S/C16H21N3O4/c1-2-11-23-15-5-3-13(12-14(15)19(21)22)4-6-16(20)18-9-7-17-8-10-18/h3-6,12,17H,2,7-11H2,1H3/b6-4+. The molecule has 1 fully saturated rings. The molecule has 0 atom stereocenters. The number of nitro benzene ring substituents is 1. The zero-order chi connectivity index (χ0) is 16.7. The molecule has 23 heavy (non-hydrogen) atoms. The lowest BCUT2D eigenvalue weighted by atomic mass is 10.1. The molecule has 2 rings (SSSR count). The summed E-state index contributed by atoms with van der Waals surface area (Å²) in [5.74, 6) is 0.169. The Labute approximate surface area is 135 Å². The van der Waals surface area contributed by atoms with Gasteiger partial charge in [-0.2, -0.15) is 0 Å². The highest BCUT2D eigenvalue weighted by Crippen LogP contribution is 2.28. The van der Waals surface area contributed by atoms with Gasteiger partial charge in [0.1, 0.15) is 0 Å². The SMILES string of the molecule is CCCOc1ccc(/C=C/C(=O)N2CCNCC2)cc1[N+](=O)[O-]. The molecule has 0 aliphatic carbocycles. The van der Waals surface area contributed by atoms with Gasteiger partial charge in [0.25, 0.3) is 0 Å². The summed E-state index contributed by atoms with van der Waals surface area (Å²) in [7, 11) is 0. The third-order valence-electron chi connectivity index (χ3n) is 3.49. The number of ether oxygens (including phenoxy) is 1. The minimum Gasteiger partial charge on any atom is -0.487 e. The van der Waals surface area contributed by atoms with Crippen LogP contribution in [0.5, 0.6) is 5.75 Å². The maximum absolute atomic E-state index is 12.1. The molecule has 124 valence electrons. The van der Waals surface area contributed by atoms with Gasteiger partial charge < -0.3 is 15.0 Å². The number of nitrogens with zero attached hydrogens (tertiary/aromatic N) is 2. The number of carbonyl (C=O) groups is 1. The van der Waals surface area contributed by atoms with Crippen molar-refractivity contribution in [1.29, 1.82) is 0 Å². The first-order valence-corrected chi connectivity index (χ1v) is 7.70. The minimum atomic E-state index is -0.472. The van der Waals surface area contributed by atoms with E-state index < -0.39 is 4.92 Å². The van der Waals surface area contributed by atoms with Crippen molar-refractivity contribution in [3.8, 4) is 5.75 Å². The molecule has 7 heteroatoms. The van der Waals surface area contributed by atoms with E-state index in [4.69, 9.17) is 4.74 Å². The van der Waals surface area contributed by atoms with E-state index in [1.165, 1.54) is 12.1 Å². The predicted octanol–water partition coefficient (Wildman–Crippen LogP) is 1.83. The van der Waals surface area contributed by atoms with Crippen LogP contribution in [0.15, 0.2) is 24.3 Å². The van der Waals surface area contributed by atoms with Gasteiger partial charge in [-0.1, -0.05) is 13.0 Å². The third-order valence-corrected chi connectivity index (χ3v) is 3.49. The summed E-state index contributed by atoms with van der Waals surface area (Å²) >= 11 is 0. The zero-order valence-electron chi connectivity index (χ0n) is 13.2. The Bertz CT molecular complexity index is 595. The van der Waals surface area contributed by atoms with Crippen molar-refractivity contribution >= 4 is 17.7 Å². The molecule has 1 aliphatic heterocycles. The van der Waals surface area contributed by atoms with Gasteiger partial charge >= 0.3 is 5.69 Å². The topological polar surface area (TPSA) is 84.7 Å². The van der Waals surface area contributed by atoms with Crippen molar-refractivity contribution in [1.82, 2.24) is 10.2 Å². The number of hydrogen-bond donors (Lipinski definition) is 1. The van der Waals surface area contributed by atoms with Gasteiger partial charge in [0.2, 0.25) is 5.91 Å². The van der Waals surface area contributed by atoms with Gasteiger partial charge in [-0.15, -0.1) is 0 Å². The molecule has 0 bridgehead atoms. The molecule has 7 nitrogen and oxygen atoms in total. The summed E-state index contributed by atoms with van der Waals surface area (Å²) in [5.41, 5.74) is 0.513. The van der Waals surface area contributed by atoms with Crippen LogP contribution in [-0.4, -0.2) is 48.5 Å². The molecule has 1 N–H and O–H groups in total. The molecule has 1 aromatic rings. The maximum atomic E-state index is 12.1. The number of nitro groups is 1. The van der Waals surface area contributed by atoms with Crippen molar-refractivity contribution < 1.29 is 14.5 Å². The highest BCUT2D eigenvalue weighted by atomic mass is 16.6. The summed E-state index contributed by atoms with van der Waals surface area (Å²) in [6.45, 7) is 5.28. The molecule has 0 spiro atoms. The quantitative estimate of drug-likeness (QED) is 0.491. The number of amides is 1. The van der Waals surface area contributed by atoms with Gasteiger partial charge in [0.05, 0.1) is 11.5 Å². The first kappa shape index (κ1) is 17.0. The molecule has 1 saturated heterocycles. The second-order valence-electron chi connectivity index (χ2n) is 5.24. The number of benzene rings is 1. The van der Waals surface area contributed by atoms with E-state index in [9.17, 15) is 14.9 Å². The largest absolute Gasteiger partial charge is 0.487 e. The predicted molar refractivity (Wildman–Crippen MR) is 87.4 cm³/mol. The first-order valence-electron chi connectivity index (χ1n) is 7.70. The van der Waals surface area contributed by atoms with Crippen LogP contribution in [0.4, 0.5) is 5.69 Å². The van der Waals surface area contributed by atoms with Crippen molar-refractivity contribution in [3.05, 3.63) is 40.0 Å². The lowest BCUT2D eigenvalue weighted by molar-refractivity contribution is -0.385. The Morgan fingerprint density at radius 3 is 2.83 bits per heavy atom. The van der Waals surface area contributed by atoms with E-state index in [-0.39, 0.29) is 17.3 Å². The Morgan fingerprint density at radius 2 is 2.17 bits per heavy atom. The molecule has 1 aromatic carbocycles. The van der Waals surface area contributed by atoms with Crippen LogP contribution >= 0.6 is 0 Å². The Hall–Kier alpha value is -2.41. The summed E-state index contributed by atoms with van der Waals surface area (Å²) in [6, 6.07) is 4.70. The van der Waals surface area contributed by atoms with Crippen molar-refractivity contribution in [2.75, 3.05) is 32.8 Å². The van der Waals surface area contributed by atoms with Gasteiger partial charge in [-0.3, -0.25) is 14.9 Å². The summed E-state index contributed by atoms with van der Waals surface area (Å²) in [5, 5.41) is 14.3. The number of rotatable bonds is 6. The third kappa shape index (κ3) is 4.79. The number of hydrogen-bond acceptors (Lipinski definition) is 5. The van der Waals surface area contributed by atoms with E-state index in [1.807, 2.05) is 6.92 Å². The molecule has 0 aromatic heterocycles. The Kier molecular flexibility index (Phi) is 6.10. The molecular weight excluding hydrogens is 298 g/mol. The zero-order valence-corrected chi connectivity index (χ0v) is 13.2. The number of nitrogens with one attached hydrogen (secondary N) is 1. The van der Waals surface area contributed by atoms with Crippen LogP contribution in [-0.2, 0) is 4.79 Å². The molecule has 1 aliphatic rings. The Balaban J connectivity index is 2.09. The smallest absolute Gasteiger partial charge is 0.311 e. The number of piperazine rings is 1. The monoisotopic (exact) mass is 319 g/mol. The minimum absolute atomic E-state index is 0.0829. The van der Waals surface area contributed by atoms with Gasteiger partial charge in [0.15, 0.2) is 5.75 Å². The average molecular weight is 319 g/mol. The normalized spacial score (nSPS) is 14.9. The van der Waals surface area contributed by atoms with Crippen molar-refractivity contribution in [2.24, 2.45) is 0 Å². The van der Waals surface area contributed by atoms with E-state index in [0.29, 0.717) is 25.3 Å². The summed E-state index contributed by atoms with van der Waals surface area (Å²) < 4.78 is 5.38. The van der Waals surface area contributed by atoms with Gasteiger partial charge in [-0.05, 0) is 24.1 Å². The Morgan fingerprint density at radius 1 is 1.43 bits per heavy atom. The molecule has 0 saturated carbocycles. The fourth-order valence-electron chi connectivity index (χ4n) is 2.27. The lowest BCUT2D eigenvalue weighted by Crippen LogP contribution is -2.45. The van der Waals surface area contributed by atoms with Crippen LogP contribution in [0.2, 0.25) is 0 Å². The maximum Gasteiger partial charge on any atom is 0.311 e. The van der Waals surface area contributed by atoms with Crippen LogP contribution in [0.1, 0.15) is 18.9 Å². The van der Waals surface area contributed by atoms with Gasteiger partial charge in [0, 0.05) is 38.3 Å². The van der Waals surface area contributed by atoms with Crippen LogP contribution in [0, 0.1) is 10.1 Å². The van der Waals surface area contributed by atoms with Crippen LogP contribution in [0.3, 0.4) is 0 Å². The highest BCUT2D eigenvalue weighted by molar-refractivity contribution is 5.92. The van der Waals surface area contributed by atoms with E-state index >= 15 is 0 Å². The molecule has 1 amide bonds. The lowest BCUT2D eigenvalue weighted by Gasteiger charge is -2.26. The second kappa shape index (κ2) is 8.28. The van der Waals surface area contributed by atoms with Crippen LogP contribution in [0.25, 0.3) is 6.08 Å². The number of carbonyl (C=O) groups excluding carboxylic acids is 1. The van der Waals surface area contributed by atoms with Gasteiger partial charge in [-0.25, -0.2) is 0 Å². The van der Waals surface area contributed by atoms with E-state index in [0.717, 1.165) is 19.5 Å². The van der Waals surface area contributed by atoms with Crippen LogP contribution < -0.4 is 10.1 Å². The fourth-order valence-corrected chi connectivity index (χ4v) is 2.27. The average Bonchev–Trinajstić information content (AvgIpc) is 2.58. The first-order chi connectivity index (χ1) is 11.1. The molecule has 0 radical (unpaired) electrons. The highest BCUT2D eigenvalue weighted by Gasteiger charge is 2.16. The fraction of sp³-hybridized carbons (Fsp3) is 0.438. The molecule has 1 heterocycles. The van der Waals surface area contributed by atoms with Crippen molar-refractivity contribution in [3.63, 3.8) is 0 Å². The molecule has 0 unspecified atom stereocenters. The van der Waals surface area contributed by atoms with Crippen molar-refractivity contribution in [2.45, 2.75) is 13.3 Å².